The van der Waals surface area contributed by atoms with Gasteiger partial charge in [-0.2, -0.15) is 0 Å². The summed E-state index contributed by atoms with van der Waals surface area (Å²) in [6.45, 7) is 7.24. The number of anilines is 1. The first kappa shape index (κ1) is 25.8. The number of hydrogen-bond acceptors (Lipinski definition) is 5. The third kappa shape index (κ3) is 6.50. The van der Waals surface area contributed by atoms with Crippen LogP contribution >= 0.6 is 0 Å². The normalized spacial score (nSPS) is 13.6. The second-order valence-corrected chi connectivity index (χ2v) is 8.63. The van der Waals surface area contributed by atoms with E-state index in [0.29, 0.717) is 49.1 Å². The van der Waals surface area contributed by atoms with Gasteiger partial charge in [-0.3, -0.25) is 14.5 Å². The Kier molecular flexibility index (Phi) is 8.46. The number of benzene rings is 3. The van der Waals surface area contributed by atoms with Crippen molar-refractivity contribution < 1.29 is 23.8 Å². The van der Waals surface area contributed by atoms with Gasteiger partial charge in [0.15, 0.2) is 23.0 Å². The fourth-order valence-corrected chi connectivity index (χ4v) is 4.13. The molecule has 0 saturated carbocycles. The second kappa shape index (κ2) is 12.1. The Morgan fingerprint density at radius 3 is 2.54 bits per heavy atom. The van der Waals surface area contributed by atoms with Crippen LogP contribution in [0.5, 0.6) is 17.2 Å². The van der Waals surface area contributed by atoms with E-state index in [0.717, 1.165) is 16.7 Å². The predicted octanol–water partition coefficient (Wildman–Crippen LogP) is 4.92. The Bertz CT molecular complexity index is 1300. The molecule has 3 aromatic carbocycles. The van der Waals surface area contributed by atoms with Gasteiger partial charge in [-0.1, -0.05) is 48.0 Å². The Labute approximate surface area is 217 Å². The van der Waals surface area contributed by atoms with Crippen molar-refractivity contribution in [1.82, 2.24) is 5.32 Å². The number of ether oxygens (including phenoxy) is 3. The number of para-hydroxylation sites is 2. The first-order chi connectivity index (χ1) is 18.0. The SMILES string of the molecule is CCOc1ccc(CCNC(=O)CN2C(=O)/C(=C\c3cccc(C)c3)Oc3ccccc32)cc1OCC. The van der Waals surface area contributed by atoms with E-state index in [1.807, 2.05) is 75.4 Å². The lowest BCUT2D eigenvalue weighted by molar-refractivity contribution is -0.123. The molecule has 0 unspecified atom stereocenters. The van der Waals surface area contributed by atoms with E-state index in [2.05, 4.69) is 5.32 Å². The van der Waals surface area contributed by atoms with Crippen molar-refractivity contribution in [3.8, 4) is 17.2 Å². The van der Waals surface area contributed by atoms with E-state index in [1.165, 1.54) is 4.90 Å². The second-order valence-electron chi connectivity index (χ2n) is 8.63. The maximum absolute atomic E-state index is 13.3. The van der Waals surface area contributed by atoms with Crippen molar-refractivity contribution >= 4 is 23.6 Å². The number of aryl methyl sites for hydroxylation is 1. The number of nitrogens with zero attached hydrogens (tertiary/aromatic N) is 1. The van der Waals surface area contributed by atoms with Crippen molar-refractivity contribution in [3.63, 3.8) is 0 Å². The molecule has 4 rings (SSSR count). The van der Waals surface area contributed by atoms with Gasteiger partial charge in [-0.15, -0.1) is 0 Å². The molecule has 0 aliphatic carbocycles. The Morgan fingerprint density at radius 2 is 1.76 bits per heavy atom. The van der Waals surface area contributed by atoms with E-state index in [9.17, 15) is 9.59 Å². The van der Waals surface area contributed by atoms with Crippen LogP contribution in [0.15, 0.2) is 72.5 Å². The molecule has 1 aliphatic rings. The molecule has 1 N–H and O–H groups in total. The summed E-state index contributed by atoms with van der Waals surface area (Å²) in [6, 6.07) is 20.8. The fourth-order valence-electron chi connectivity index (χ4n) is 4.13. The number of carbonyl (C=O) groups excluding carboxylic acids is 2. The minimum absolute atomic E-state index is 0.113. The van der Waals surface area contributed by atoms with Crippen LogP contribution in [0.25, 0.3) is 6.08 Å². The molecule has 0 spiro atoms. The first-order valence-electron chi connectivity index (χ1n) is 12.5. The van der Waals surface area contributed by atoms with Crippen molar-refractivity contribution in [2.45, 2.75) is 27.2 Å². The maximum atomic E-state index is 13.3. The van der Waals surface area contributed by atoms with E-state index in [1.54, 1.807) is 18.2 Å². The topological polar surface area (TPSA) is 77.1 Å². The molecular weight excluding hydrogens is 468 g/mol. The van der Waals surface area contributed by atoms with Crippen LogP contribution in [-0.2, 0) is 16.0 Å². The fraction of sp³-hybridized carbons (Fsp3) is 0.267. The number of carbonyl (C=O) groups is 2. The Balaban J connectivity index is 1.43. The molecule has 7 nitrogen and oxygen atoms in total. The number of hydrogen-bond donors (Lipinski definition) is 1. The smallest absolute Gasteiger partial charge is 0.294 e. The highest BCUT2D eigenvalue weighted by atomic mass is 16.5. The molecule has 0 aromatic heterocycles. The Hall–Kier alpha value is -4.26. The highest BCUT2D eigenvalue weighted by Gasteiger charge is 2.31. The van der Waals surface area contributed by atoms with Crippen LogP contribution < -0.4 is 24.4 Å². The van der Waals surface area contributed by atoms with E-state index in [-0.39, 0.29) is 24.1 Å². The van der Waals surface area contributed by atoms with Gasteiger partial charge < -0.3 is 19.5 Å². The molecule has 0 fully saturated rings. The first-order valence-corrected chi connectivity index (χ1v) is 12.5. The van der Waals surface area contributed by atoms with Gasteiger partial charge in [0, 0.05) is 6.54 Å². The minimum atomic E-state index is -0.358. The summed E-state index contributed by atoms with van der Waals surface area (Å²) in [7, 11) is 0. The van der Waals surface area contributed by atoms with Crippen LogP contribution in [-0.4, -0.2) is 38.1 Å². The number of fused-ring (bicyclic) bond motifs is 1. The minimum Gasteiger partial charge on any atom is -0.490 e. The van der Waals surface area contributed by atoms with Crippen molar-refractivity contribution in [2.24, 2.45) is 0 Å². The Morgan fingerprint density at radius 1 is 0.973 bits per heavy atom. The van der Waals surface area contributed by atoms with Gasteiger partial charge in [0.1, 0.15) is 6.54 Å². The molecule has 0 atom stereocenters. The number of rotatable bonds is 10. The summed E-state index contributed by atoms with van der Waals surface area (Å²) in [5.74, 6) is 1.49. The third-order valence-electron chi connectivity index (χ3n) is 5.82. The van der Waals surface area contributed by atoms with Crippen LogP contribution in [0.4, 0.5) is 5.69 Å². The summed E-state index contributed by atoms with van der Waals surface area (Å²) in [6.07, 6.45) is 2.32. The lowest BCUT2D eigenvalue weighted by Gasteiger charge is -2.30. The molecule has 0 radical (unpaired) electrons. The average molecular weight is 501 g/mol. The molecule has 0 bridgehead atoms. The summed E-state index contributed by atoms with van der Waals surface area (Å²) < 4.78 is 17.2. The zero-order chi connectivity index (χ0) is 26.2. The summed E-state index contributed by atoms with van der Waals surface area (Å²) in [5, 5.41) is 2.93. The van der Waals surface area contributed by atoms with Crippen LogP contribution in [0.2, 0.25) is 0 Å². The van der Waals surface area contributed by atoms with Gasteiger partial charge in [0.2, 0.25) is 5.91 Å². The molecule has 192 valence electrons. The summed E-state index contributed by atoms with van der Waals surface area (Å²) in [5.41, 5.74) is 3.52. The highest BCUT2D eigenvalue weighted by molar-refractivity contribution is 6.12. The predicted molar refractivity (Wildman–Crippen MR) is 144 cm³/mol. The zero-order valence-electron chi connectivity index (χ0n) is 21.5. The van der Waals surface area contributed by atoms with Crippen LogP contribution in [0.1, 0.15) is 30.5 Å². The molecule has 3 aromatic rings. The van der Waals surface area contributed by atoms with Crippen LogP contribution in [0, 0.1) is 6.92 Å². The maximum Gasteiger partial charge on any atom is 0.294 e. The molecule has 1 heterocycles. The zero-order valence-corrected chi connectivity index (χ0v) is 21.5. The molecule has 2 amide bonds. The molecule has 1 aliphatic heterocycles. The molecule has 0 saturated heterocycles. The van der Waals surface area contributed by atoms with Crippen molar-refractivity contribution in [3.05, 3.63) is 89.2 Å². The van der Waals surface area contributed by atoms with Gasteiger partial charge in [0.25, 0.3) is 5.91 Å². The molecule has 7 heteroatoms. The number of amides is 2. The van der Waals surface area contributed by atoms with Crippen molar-refractivity contribution in [1.29, 1.82) is 0 Å². The summed E-state index contributed by atoms with van der Waals surface area (Å²) in [4.78, 5) is 27.6. The van der Waals surface area contributed by atoms with Gasteiger partial charge in [-0.25, -0.2) is 0 Å². The molecular formula is C30H32N2O5. The largest absolute Gasteiger partial charge is 0.490 e. The summed E-state index contributed by atoms with van der Waals surface area (Å²) >= 11 is 0. The van der Waals surface area contributed by atoms with Gasteiger partial charge in [0.05, 0.1) is 18.9 Å². The lowest BCUT2D eigenvalue weighted by Crippen LogP contribution is -2.44. The average Bonchev–Trinajstić information content (AvgIpc) is 2.88. The van der Waals surface area contributed by atoms with E-state index >= 15 is 0 Å². The van der Waals surface area contributed by atoms with Crippen LogP contribution in [0.3, 0.4) is 0 Å². The van der Waals surface area contributed by atoms with Crippen molar-refractivity contribution in [2.75, 3.05) is 31.2 Å². The van der Waals surface area contributed by atoms with E-state index in [4.69, 9.17) is 14.2 Å². The lowest BCUT2D eigenvalue weighted by atomic mass is 10.1. The van der Waals surface area contributed by atoms with Gasteiger partial charge in [-0.05, 0) is 68.7 Å². The van der Waals surface area contributed by atoms with E-state index < -0.39 is 0 Å². The third-order valence-corrected chi connectivity index (χ3v) is 5.82. The monoisotopic (exact) mass is 500 g/mol. The quantitative estimate of drug-likeness (QED) is 0.400. The van der Waals surface area contributed by atoms with Gasteiger partial charge >= 0.3 is 0 Å². The number of nitrogens with one attached hydrogen (secondary N) is 1. The standard InChI is InChI=1S/C30H32N2O5/c1-4-35-26-14-13-22(18-27(26)36-5-2)15-16-31-29(33)20-32-24-11-6-7-12-25(24)37-28(30(32)34)19-23-10-8-9-21(3)17-23/h6-14,17-19H,4-5,15-16,20H2,1-3H3,(H,31,33)/b28-19+. The molecule has 37 heavy (non-hydrogen) atoms. The highest BCUT2D eigenvalue weighted by Crippen LogP contribution is 2.35.